The average Bonchev–Trinajstić information content (AvgIpc) is 2.80. The van der Waals surface area contributed by atoms with Crippen molar-refractivity contribution >= 4 is 29.6 Å². The van der Waals surface area contributed by atoms with Gasteiger partial charge in [0.2, 0.25) is 5.91 Å². The highest BCUT2D eigenvalue weighted by Gasteiger charge is 2.32. The number of carbonyl (C=O) groups excluding carboxylic acids is 2. The Morgan fingerprint density at radius 1 is 1.06 bits per heavy atom. The molecule has 0 radical (unpaired) electrons. The molecule has 2 aromatic rings. The molecule has 11 heteroatoms. The van der Waals surface area contributed by atoms with E-state index in [2.05, 4.69) is 26.2 Å². The molecule has 35 heavy (non-hydrogen) atoms. The summed E-state index contributed by atoms with van der Waals surface area (Å²) in [6.07, 6.45) is 0.372. The zero-order chi connectivity index (χ0) is 26.0. The fraction of sp³-hybridized carbons (Fsp3) is 0.333. The molecule has 0 fully saturated rings. The monoisotopic (exact) mass is 481 g/mol. The largest absolute Gasteiger partial charge is 0.480 e. The highest BCUT2D eigenvalue weighted by molar-refractivity contribution is 5.91. The van der Waals surface area contributed by atoms with Crippen LogP contribution < -0.4 is 21.7 Å². The van der Waals surface area contributed by atoms with Crippen molar-refractivity contribution in [3.63, 3.8) is 0 Å². The molecule has 0 heterocycles. The van der Waals surface area contributed by atoms with Crippen LogP contribution in [-0.4, -0.2) is 47.1 Å². The van der Waals surface area contributed by atoms with E-state index in [1.54, 1.807) is 37.3 Å². The lowest BCUT2D eigenvalue weighted by Gasteiger charge is -2.27. The second kappa shape index (κ2) is 12.8. The van der Waals surface area contributed by atoms with Gasteiger partial charge in [-0.15, -0.1) is 5.11 Å². The number of nitrogens with one attached hydrogen (secondary N) is 4. The molecule has 0 aliphatic rings. The van der Waals surface area contributed by atoms with Gasteiger partial charge in [0.1, 0.15) is 12.1 Å². The number of guanidine groups is 1. The molecule has 3 unspecified atom stereocenters. The Morgan fingerprint density at radius 2 is 1.74 bits per heavy atom. The molecule has 3 atom stereocenters. The van der Waals surface area contributed by atoms with Crippen LogP contribution in [0.2, 0.25) is 0 Å². The Bertz CT molecular complexity index is 1090. The number of urea groups is 1. The number of carboxylic acid groups (broad SMARTS) is 1. The van der Waals surface area contributed by atoms with Gasteiger partial charge in [-0.25, -0.2) is 9.59 Å². The van der Waals surface area contributed by atoms with E-state index in [0.717, 1.165) is 16.7 Å². The van der Waals surface area contributed by atoms with Crippen LogP contribution in [0.3, 0.4) is 0 Å². The normalized spacial score (nSPS) is 13.5. The van der Waals surface area contributed by atoms with Crippen LogP contribution in [0.4, 0.5) is 10.5 Å². The third-order valence-corrected chi connectivity index (χ3v) is 5.24. The van der Waals surface area contributed by atoms with Gasteiger partial charge in [-0.2, -0.15) is 0 Å². The maximum absolute atomic E-state index is 13.1. The Kier molecular flexibility index (Phi) is 9.88. The smallest absolute Gasteiger partial charge is 0.360 e. The predicted octanol–water partition coefficient (Wildman–Crippen LogP) is 2.54. The fourth-order valence-electron chi connectivity index (χ4n) is 3.46. The summed E-state index contributed by atoms with van der Waals surface area (Å²) in [5, 5.41) is 32.2. The minimum atomic E-state index is -1.39. The van der Waals surface area contributed by atoms with Crippen LogP contribution in [0.25, 0.3) is 0 Å². The minimum absolute atomic E-state index is 0.0980. The van der Waals surface area contributed by atoms with Gasteiger partial charge in [0, 0.05) is 6.42 Å². The van der Waals surface area contributed by atoms with Crippen LogP contribution in [-0.2, 0) is 16.0 Å². The van der Waals surface area contributed by atoms with Gasteiger partial charge >= 0.3 is 12.0 Å². The van der Waals surface area contributed by atoms with Crippen molar-refractivity contribution in [1.29, 1.82) is 5.41 Å². The molecule has 0 aromatic heterocycles. The van der Waals surface area contributed by atoms with Gasteiger partial charge in [0.25, 0.3) is 0 Å². The summed E-state index contributed by atoms with van der Waals surface area (Å²) in [7, 11) is 0. The van der Waals surface area contributed by atoms with Gasteiger partial charge in [0.15, 0.2) is 5.96 Å². The molecular formula is C24H31N7O4. The van der Waals surface area contributed by atoms with Gasteiger partial charge in [0.05, 0.1) is 11.7 Å². The standard InChI is InChI=1S/C24H31N7O4/c1-4-17(27-23(25)26)20(22(33)34)29-21(32)19(13-16-8-6-5-7-9-16)28-24(35)31-30-18-11-10-14(2)12-15(18)3/h5-12,17,19-20H,4,13H2,1-3H3,(H,28,35)(H,29,32)(H,33,34)(H4,25,26,27)/b31-30+. The lowest BCUT2D eigenvalue weighted by Crippen LogP contribution is -2.59. The first-order valence-electron chi connectivity index (χ1n) is 11.1. The first kappa shape index (κ1) is 27.0. The molecule has 0 saturated carbocycles. The first-order valence-corrected chi connectivity index (χ1v) is 11.1. The summed E-state index contributed by atoms with van der Waals surface area (Å²) in [5.74, 6) is -2.45. The molecule has 11 nitrogen and oxygen atoms in total. The van der Waals surface area contributed by atoms with E-state index in [0.29, 0.717) is 5.69 Å². The van der Waals surface area contributed by atoms with Crippen molar-refractivity contribution in [2.75, 3.05) is 0 Å². The van der Waals surface area contributed by atoms with Crippen LogP contribution in [0.5, 0.6) is 0 Å². The Morgan fingerprint density at radius 3 is 2.31 bits per heavy atom. The number of rotatable bonds is 10. The number of carboxylic acids is 1. The number of aryl methyl sites for hydroxylation is 2. The first-order chi connectivity index (χ1) is 16.6. The van der Waals surface area contributed by atoms with E-state index in [1.165, 1.54) is 0 Å². The SMILES string of the molecule is CCC(NC(=N)N)C(NC(=O)C(Cc1ccccc1)NC(=O)/N=N/c1ccc(C)cc1C)C(=O)O. The quantitative estimate of drug-likeness (QED) is 0.172. The molecule has 0 spiro atoms. The number of azo groups is 1. The number of aliphatic carboxylic acids is 1. The maximum Gasteiger partial charge on any atom is 0.360 e. The highest BCUT2D eigenvalue weighted by atomic mass is 16.4. The number of amides is 3. The number of benzene rings is 2. The number of nitrogens with zero attached hydrogens (tertiary/aromatic N) is 2. The third-order valence-electron chi connectivity index (χ3n) is 5.24. The van der Waals surface area contributed by atoms with Crippen molar-refractivity contribution in [2.24, 2.45) is 16.0 Å². The summed E-state index contributed by atoms with van der Waals surface area (Å²) in [6.45, 7) is 5.47. The van der Waals surface area contributed by atoms with Crippen molar-refractivity contribution in [3.05, 3.63) is 65.2 Å². The molecule has 7 N–H and O–H groups in total. The van der Waals surface area contributed by atoms with Gasteiger partial charge < -0.3 is 26.8 Å². The van der Waals surface area contributed by atoms with E-state index < -0.39 is 42.0 Å². The van der Waals surface area contributed by atoms with Crippen LogP contribution in [0, 0.1) is 19.3 Å². The topological polar surface area (TPSA) is 182 Å². The number of nitrogens with two attached hydrogens (primary N) is 1. The molecule has 0 bridgehead atoms. The second-order valence-corrected chi connectivity index (χ2v) is 8.08. The predicted molar refractivity (Wildman–Crippen MR) is 132 cm³/mol. The van der Waals surface area contributed by atoms with Crippen molar-refractivity contribution in [2.45, 2.75) is 51.7 Å². The number of hydrogen-bond donors (Lipinski definition) is 6. The van der Waals surface area contributed by atoms with Crippen LogP contribution in [0.15, 0.2) is 58.8 Å². The summed E-state index contributed by atoms with van der Waals surface area (Å²) >= 11 is 0. The Hall–Kier alpha value is -4.28. The molecule has 186 valence electrons. The zero-order valence-electron chi connectivity index (χ0n) is 19.9. The Labute approximate surface area is 203 Å². The summed E-state index contributed by atoms with van der Waals surface area (Å²) in [6, 6.07) is 10.3. The van der Waals surface area contributed by atoms with E-state index in [1.807, 2.05) is 32.0 Å². The molecule has 0 aliphatic carbocycles. The van der Waals surface area contributed by atoms with E-state index in [9.17, 15) is 19.5 Å². The lowest BCUT2D eigenvalue weighted by atomic mass is 10.0. The maximum atomic E-state index is 13.1. The highest BCUT2D eigenvalue weighted by Crippen LogP contribution is 2.19. The number of hydrogen-bond acceptors (Lipinski definition) is 5. The van der Waals surface area contributed by atoms with Crippen LogP contribution >= 0.6 is 0 Å². The minimum Gasteiger partial charge on any atom is -0.480 e. The van der Waals surface area contributed by atoms with Crippen molar-refractivity contribution in [1.82, 2.24) is 16.0 Å². The second-order valence-electron chi connectivity index (χ2n) is 8.08. The van der Waals surface area contributed by atoms with E-state index in [-0.39, 0.29) is 12.8 Å². The van der Waals surface area contributed by atoms with Gasteiger partial charge in [-0.05, 0) is 37.5 Å². The Balaban J connectivity index is 2.22. The fourth-order valence-corrected chi connectivity index (χ4v) is 3.46. The molecule has 0 saturated heterocycles. The third kappa shape index (κ3) is 8.54. The van der Waals surface area contributed by atoms with Gasteiger partial charge in [-0.1, -0.05) is 60.1 Å². The van der Waals surface area contributed by atoms with Gasteiger partial charge in [-0.3, -0.25) is 10.2 Å². The van der Waals surface area contributed by atoms with Crippen LogP contribution in [0.1, 0.15) is 30.0 Å². The van der Waals surface area contributed by atoms with Crippen molar-refractivity contribution in [3.8, 4) is 0 Å². The molecule has 2 aromatic carbocycles. The lowest BCUT2D eigenvalue weighted by molar-refractivity contribution is -0.142. The number of carbonyl (C=O) groups is 3. The average molecular weight is 482 g/mol. The molecule has 0 aliphatic heterocycles. The molecule has 2 rings (SSSR count). The zero-order valence-corrected chi connectivity index (χ0v) is 19.9. The molecule has 3 amide bonds. The summed E-state index contributed by atoms with van der Waals surface area (Å²) < 4.78 is 0. The molecular weight excluding hydrogens is 450 g/mol. The van der Waals surface area contributed by atoms with E-state index in [4.69, 9.17) is 11.1 Å². The van der Waals surface area contributed by atoms with Crippen molar-refractivity contribution < 1.29 is 19.5 Å². The summed E-state index contributed by atoms with van der Waals surface area (Å²) in [4.78, 5) is 37.5. The van der Waals surface area contributed by atoms with E-state index >= 15 is 0 Å². The summed E-state index contributed by atoms with van der Waals surface area (Å²) in [5.41, 5.74) is 8.50.